The summed E-state index contributed by atoms with van der Waals surface area (Å²) in [6, 6.07) is 18.3. The molecule has 0 spiro atoms. The van der Waals surface area contributed by atoms with Crippen molar-refractivity contribution in [3.8, 4) is 22.5 Å². The number of carbonyl (C=O) groups excluding carboxylic acids is 1. The summed E-state index contributed by atoms with van der Waals surface area (Å²) in [6.45, 7) is 1.86. The van der Waals surface area contributed by atoms with E-state index in [0.29, 0.717) is 26.6 Å². The second-order valence-corrected chi connectivity index (χ2v) is 6.96. The van der Waals surface area contributed by atoms with E-state index >= 15 is 0 Å². The fourth-order valence-corrected chi connectivity index (χ4v) is 3.95. The molecular weight excluding hydrogens is 344 g/mol. The number of aryl methyl sites for hydroxylation is 1. The summed E-state index contributed by atoms with van der Waals surface area (Å²) < 4.78 is 0. The summed E-state index contributed by atoms with van der Waals surface area (Å²) in [4.78, 5) is 21.7. The average Bonchev–Trinajstić information content (AvgIpc) is 3.00. The van der Waals surface area contributed by atoms with Crippen LogP contribution in [0.4, 0.5) is 5.69 Å². The van der Waals surface area contributed by atoms with Gasteiger partial charge in [0.15, 0.2) is 5.82 Å². The number of hydrogen-bond acceptors (Lipinski definition) is 5. The number of aromatic nitrogens is 2. The molecule has 4 rings (SSSR count). The zero-order valence-electron chi connectivity index (χ0n) is 14.1. The lowest BCUT2D eigenvalue weighted by Gasteiger charge is -2.06. The van der Waals surface area contributed by atoms with Gasteiger partial charge in [-0.3, -0.25) is 4.79 Å². The molecule has 0 aliphatic heterocycles. The van der Waals surface area contributed by atoms with E-state index in [1.165, 1.54) is 11.3 Å². The van der Waals surface area contributed by atoms with Gasteiger partial charge in [0.1, 0.15) is 9.71 Å². The van der Waals surface area contributed by atoms with Gasteiger partial charge in [-0.05, 0) is 18.1 Å². The van der Waals surface area contributed by atoms with E-state index in [9.17, 15) is 4.79 Å². The molecule has 4 aromatic rings. The number of thiophene rings is 1. The van der Waals surface area contributed by atoms with E-state index in [2.05, 4.69) is 22.1 Å². The fraction of sp³-hybridized carbons (Fsp3) is 0.0500. The largest absolute Gasteiger partial charge is 0.397 e. The van der Waals surface area contributed by atoms with Crippen molar-refractivity contribution < 1.29 is 4.79 Å². The molecule has 26 heavy (non-hydrogen) atoms. The second-order valence-electron chi connectivity index (χ2n) is 5.97. The standard InChI is InChI=1S/C20H16N4OS/c1-11-15-16(21)17(18(22)25)26-20(15)24-19(23-11)14-9-7-13(8-10-14)12-5-3-2-4-6-12/h2-10H,21H2,1H3,(H2,22,25). The summed E-state index contributed by atoms with van der Waals surface area (Å²) in [6.07, 6.45) is 0. The molecule has 0 saturated heterocycles. The van der Waals surface area contributed by atoms with Gasteiger partial charge in [0.25, 0.3) is 5.91 Å². The Labute approximate surface area is 154 Å². The SMILES string of the molecule is Cc1nc(-c2ccc(-c3ccccc3)cc2)nc2sc(C(N)=O)c(N)c12. The number of carbonyl (C=O) groups is 1. The molecular formula is C20H16N4OS. The minimum absolute atomic E-state index is 0.328. The highest BCUT2D eigenvalue weighted by Gasteiger charge is 2.18. The quantitative estimate of drug-likeness (QED) is 0.577. The Morgan fingerprint density at radius 1 is 0.923 bits per heavy atom. The van der Waals surface area contributed by atoms with Crippen molar-refractivity contribution in [1.82, 2.24) is 9.97 Å². The minimum atomic E-state index is -0.543. The van der Waals surface area contributed by atoms with Crippen molar-refractivity contribution in [3.05, 3.63) is 65.2 Å². The Bertz CT molecular complexity index is 1120. The van der Waals surface area contributed by atoms with Crippen LogP contribution in [0.25, 0.3) is 32.7 Å². The number of nitrogen functional groups attached to an aromatic ring is 1. The van der Waals surface area contributed by atoms with Gasteiger partial charge in [-0.1, -0.05) is 54.6 Å². The number of hydrogen-bond donors (Lipinski definition) is 2. The number of rotatable bonds is 3. The van der Waals surface area contributed by atoms with E-state index in [1.54, 1.807) is 0 Å². The monoisotopic (exact) mass is 360 g/mol. The molecule has 0 atom stereocenters. The molecule has 1 amide bonds. The summed E-state index contributed by atoms with van der Waals surface area (Å²) in [7, 11) is 0. The topological polar surface area (TPSA) is 94.9 Å². The predicted octanol–water partition coefficient (Wildman–Crippen LogP) is 4.01. The van der Waals surface area contributed by atoms with E-state index in [0.717, 1.165) is 22.4 Å². The van der Waals surface area contributed by atoms with Crippen LogP contribution in [0.1, 0.15) is 15.4 Å². The third-order valence-corrected chi connectivity index (χ3v) is 5.36. The molecule has 0 aliphatic rings. The van der Waals surface area contributed by atoms with E-state index < -0.39 is 5.91 Å². The van der Waals surface area contributed by atoms with Crippen LogP contribution in [0.15, 0.2) is 54.6 Å². The minimum Gasteiger partial charge on any atom is -0.397 e. The smallest absolute Gasteiger partial charge is 0.260 e. The molecule has 128 valence electrons. The van der Waals surface area contributed by atoms with Crippen LogP contribution in [-0.4, -0.2) is 15.9 Å². The first-order valence-electron chi connectivity index (χ1n) is 8.07. The Kier molecular flexibility index (Phi) is 3.89. The fourth-order valence-electron chi connectivity index (χ4n) is 2.95. The molecule has 0 unspecified atom stereocenters. The molecule has 0 aliphatic carbocycles. The molecule has 2 aromatic carbocycles. The lowest BCUT2D eigenvalue weighted by atomic mass is 10.0. The van der Waals surface area contributed by atoms with E-state index in [-0.39, 0.29) is 0 Å². The molecule has 2 aromatic heterocycles. The highest BCUT2D eigenvalue weighted by Crippen LogP contribution is 2.35. The first-order chi connectivity index (χ1) is 12.5. The number of nitrogens with zero attached hydrogens (tertiary/aromatic N) is 2. The maximum absolute atomic E-state index is 11.5. The van der Waals surface area contributed by atoms with Crippen molar-refractivity contribution in [3.63, 3.8) is 0 Å². The van der Waals surface area contributed by atoms with Gasteiger partial charge < -0.3 is 11.5 Å². The number of anilines is 1. The summed E-state index contributed by atoms with van der Waals surface area (Å²) in [5.74, 6) is 0.0607. The first kappa shape index (κ1) is 16.2. The van der Waals surface area contributed by atoms with Crippen molar-refractivity contribution in [2.24, 2.45) is 5.73 Å². The van der Waals surface area contributed by atoms with Crippen molar-refractivity contribution in [1.29, 1.82) is 0 Å². The number of amides is 1. The van der Waals surface area contributed by atoms with Crippen LogP contribution >= 0.6 is 11.3 Å². The molecule has 0 radical (unpaired) electrons. The number of nitrogens with two attached hydrogens (primary N) is 2. The van der Waals surface area contributed by atoms with Crippen LogP contribution < -0.4 is 11.5 Å². The third-order valence-electron chi connectivity index (χ3n) is 4.24. The summed E-state index contributed by atoms with van der Waals surface area (Å²) >= 11 is 1.20. The van der Waals surface area contributed by atoms with Gasteiger partial charge in [-0.2, -0.15) is 0 Å². The van der Waals surface area contributed by atoms with Crippen LogP contribution in [0, 0.1) is 6.92 Å². The molecule has 6 heteroatoms. The maximum Gasteiger partial charge on any atom is 0.260 e. The Balaban J connectivity index is 1.78. The lowest BCUT2D eigenvalue weighted by Crippen LogP contribution is -2.10. The molecule has 5 nitrogen and oxygen atoms in total. The van der Waals surface area contributed by atoms with Gasteiger partial charge >= 0.3 is 0 Å². The average molecular weight is 360 g/mol. The van der Waals surface area contributed by atoms with E-state index in [1.807, 2.05) is 49.4 Å². The van der Waals surface area contributed by atoms with Gasteiger partial charge in [-0.15, -0.1) is 11.3 Å². The lowest BCUT2D eigenvalue weighted by molar-refractivity contribution is 0.100. The van der Waals surface area contributed by atoms with Crippen molar-refractivity contribution in [2.75, 3.05) is 5.73 Å². The molecule has 0 bridgehead atoms. The summed E-state index contributed by atoms with van der Waals surface area (Å²) in [5.41, 5.74) is 15.7. The summed E-state index contributed by atoms with van der Waals surface area (Å²) in [5, 5.41) is 0.702. The van der Waals surface area contributed by atoms with Gasteiger partial charge in [0.2, 0.25) is 0 Å². The predicted molar refractivity (Wildman–Crippen MR) is 106 cm³/mol. The third kappa shape index (κ3) is 2.70. The maximum atomic E-state index is 11.5. The molecule has 0 fully saturated rings. The van der Waals surface area contributed by atoms with Crippen LogP contribution in [0.2, 0.25) is 0 Å². The Hall–Kier alpha value is -3.25. The van der Waals surface area contributed by atoms with Gasteiger partial charge in [0.05, 0.1) is 16.8 Å². The zero-order valence-corrected chi connectivity index (χ0v) is 14.9. The zero-order chi connectivity index (χ0) is 18.3. The normalized spacial score (nSPS) is 11.0. The number of fused-ring (bicyclic) bond motifs is 1. The molecule has 0 saturated carbocycles. The Morgan fingerprint density at radius 2 is 1.54 bits per heavy atom. The first-order valence-corrected chi connectivity index (χ1v) is 8.88. The van der Waals surface area contributed by atoms with Crippen molar-refractivity contribution in [2.45, 2.75) is 6.92 Å². The number of primary amides is 1. The molecule has 4 N–H and O–H groups in total. The van der Waals surface area contributed by atoms with Crippen LogP contribution in [0.3, 0.4) is 0 Å². The highest BCUT2D eigenvalue weighted by atomic mass is 32.1. The second kappa shape index (κ2) is 6.24. The highest BCUT2D eigenvalue weighted by molar-refractivity contribution is 7.21. The molecule has 2 heterocycles. The van der Waals surface area contributed by atoms with Crippen LogP contribution in [-0.2, 0) is 0 Å². The van der Waals surface area contributed by atoms with Crippen molar-refractivity contribution >= 4 is 33.1 Å². The van der Waals surface area contributed by atoms with Gasteiger partial charge in [-0.25, -0.2) is 9.97 Å². The number of benzene rings is 2. The van der Waals surface area contributed by atoms with Crippen LogP contribution in [0.5, 0.6) is 0 Å². The van der Waals surface area contributed by atoms with E-state index in [4.69, 9.17) is 11.5 Å². The van der Waals surface area contributed by atoms with Gasteiger partial charge in [0, 0.05) is 5.56 Å². The Morgan fingerprint density at radius 3 is 2.19 bits per heavy atom.